The Hall–Kier alpha value is -1.67. The lowest BCUT2D eigenvalue weighted by Gasteiger charge is -2.28. The summed E-state index contributed by atoms with van der Waals surface area (Å²) in [5.41, 5.74) is -1.19. The fourth-order valence-electron chi connectivity index (χ4n) is 1.30. The third-order valence-corrected chi connectivity index (χ3v) is 2.73. The lowest BCUT2D eigenvalue weighted by Crippen LogP contribution is -2.38. The number of hydrogen-bond acceptors (Lipinski definition) is 3. The van der Waals surface area contributed by atoms with Gasteiger partial charge < -0.3 is 10.4 Å². The Kier molecular flexibility index (Phi) is 4.02. The van der Waals surface area contributed by atoms with Crippen LogP contribution in [0, 0.1) is 23.0 Å². The predicted molar refractivity (Wildman–Crippen MR) is 60.5 cm³/mol. The van der Waals surface area contributed by atoms with Crippen LogP contribution < -0.4 is 5.32 Å². The van der Waals surface area contributed by atoms with E-state index in [2.05, 4.69) is 5.32 Å². The summed E-state index contributed by atoms with van der Waals surface area (Å²) in [6.07, 6.45) is 0.502. The molecule has 2 N–H and O–H groups in total. The molecule has 0 spiro atoms. The molecule has 0 heterocycles. The maximum absolute atomic E-state index is 13.6. The Balaban J connectivity index is 3.12. The van der Waals surface area contributed by atoms with Crippen molar-refractivity contribution in [2.24, 2.45) is 0 Å². The summed E-state index contributed by atoms with van der Waals surface area (Å²) < 4.78 is 27.1. The quantitative estimate of drug-likeness (QED) is 0.849. The molecule has 0 aliphatic heterocycles. The Morgan fingerprint density at radius 3 is 2.29 bits per heavy atom. The van der Waals surface area contributed by atoms with E-state index in [1.54, 1.807) is 19.9 Å². The first-order chi connectivity index (χ1) is 7.95. The molecule has 17 heavy (non-hydrogen) atoms. The number of halogens is 2. The van der Waals surface area contributed by atoms with Crippen LogP contribution in [0.15, 0.2) is 12.1 Å². The van der Waals surface area contributed by atoms with Gasteiger partial charge in [-0.2, -0.15) is 5.26 Å². The zero-order chi connectivity index (χ0) is 13.1. The van der Waals surface area contributed by atoms with E-state index in [1.165, 1.54) is 0 Å². The molecule has 1 unspecified atom stereocenters. The summed E-state index contributed by atoms with van der Waals surface area (Å²) in [7, 11) is 0. The first kappa shape index (κ1) is 13.4. The Morgan fingerprint density at radius 1 is 1.41 bits per heavy atom. The van der Waals surface area contributed by atoms with Gasteiger partial charge in [0.1, 0.15) is 5.69 Å². The van der Waals surface area contributed by atoms with E-state index in [0.29, 0.717) is 6.42 Å². The van der Waals surface area contributed by atoms with Crippen LogP contribution in [0.1, 0.15) is 25.8 Å². The van der Waals surface area contributed by atoms with Crippen molar-refractivity contribution >= 4 is 5.69 Å². The summed E-state index contributed by atoms with van der Waals surface area (Å²) in [6, 6.07) is 3.58. The van der Waals surface area contributed by atoms with Gasteiger partial charge in [-0.05, 0) is 25.5 Å². The number of nitrogens with zero attached hydrogens (tertiary/aromatic N) is 1. The second-order valence-corrected chi connectivity index (χ2v) is 4.12. The highest BCUT2D eigenvalue weighted by molar-refractivity contribution is 5.51. The average Bonchev–Trinajstić information content (AvgIpc) is 2.33. The van der Waals surface area contributed by atoms with Crippen molar-refractivity contribution < 1.29 is 13.9 Å². The molecule has 0 fully saturated rings. The van der Waals surface area contributed by atoms with Crippen LogP contribution in [-0.2, 0) is 0 Å². The average molecular weight is 240 g/mol. The lowest BCUT2D eigenvalue weighted by atomic mass is 9.99. The minimum Gasteiger partial charge on any atom is -0.394 e. The monoisotopic (exact) mass is 240 g/mol. The van der Waals surface area contributed by atoms with Gasteiger partial charge in [0.25, 0.3) is 0 Å². The van der Waals surface area contributed by atoms with Crippen molar-refractivity contribution in [2.45, 2.75) is 25.8 Å². The third kappa shape index (κ3) is 2.92. The topological polar surface area (TPSA) is 56.0 Å². The predicted octanol–water partition coefficient (Wildman–Crippen LogP) is 2.41. The second-order valence-electron chi connectivity index (χ2n) is 4.12. The van der Waals surface area contributed by atoms with Gasteiger partial charge in [0.2, 0.25) is 0 Å². The summed E-state index contributed by atoms with van der Waals surface area (Å²) >= 11 is 0. The van der Waals surface area contributed by atoms with Crippen LogP contribution in [0.5, 0.6) is 0 Å². The molecule has 0 bridgehead atoms. The molecular formula is C12H14F2N2O. The highest BCUT2D eigenvalue weighted by Crippen LogP contribution is 2.25. The van der Waals surface area contributed by atoms with Crippen molar-refractivity contribution in [3.05, 3.63) is 29.3 Å². The first-order valence-corrected chi connectivity index (χ1v) is 5.24. The van der Waals surface area contributed by atoms with Crippen molar-refractivity contribution in [3.63, 3.8) is 0 Å². The number of rotatable bonds is 4. The Bertz CT molecular complexity index is 427. The highest BCUT2D eigenvalue weighted by atomic mass is 19.1. The lowest BCUT2D eigenvalue weighted by molar-refractivity contribution is 0.218. The van der Waals surface area contributed by atoms with Crippen LogP contribution in [0.25, 0.3) is 0 Å². The van der Waals surface area contributed by atoms with E-state index < -0.39 is 17.2 Å². The van der Waals surface area contributed by atoms with Gasteiger partial charge in [-0.15, -0.1) is 0 Å². The van der Waals surface area contributed by atoms with Crippen LogP contribution in [0.2, 0.25) is 0 Å². The molecule has 0 radical (unpaired) electrons. The van der Waals surface area contributed by atoms with Gasteiger partial charge in [-0.25, -0.2) is 8.78 Å². The fraction of sp³-hybridized carbons (Fsp3) is 0.417. The molecule has 1 rings (SSSR count). The van der Waals surface area contributed by atoms with Gasteiger partial charge >= 0.3 is 0 Å². The molecule has 0 aliphatic rings. The van der Waals surface area contributed by atoms with Gasteiger partial charge in [-0.1, -0.05) is 6.92 Å². The number of nitrogens with one attached hydrogen (secondary N) is 1. The van der Waals surface area contributed by atoms with Gasteiger partial charge in [-0.3, -0.25) is 0 Å². The van der Waals surface area contributed by atoms with E-state index in [-0.39, 0.29) is 17.9 Å². The maximum atomic E-state index is 13.6. The SMILES string of the molecule is CCC(C)(CO)Nc1c(F)cc(C#N)cc1F. The largest absolute Gasteiger partial charge is 0.394 e. The molecule has 1 aromatic rings. The molecule has 0 aromatic heterocycles. The molecule has 92 valence electrons. The van der Waals surface area contributed by atoms with Crippen LogP contribution in [-0.4, -0.2) is 17.3 Å². The molecule has 0 saturated carbocycles. The number of benzene rings is 1. The van der Waals surface area contributed by atoms with E-state index in [4.69, 9.17) is 10.4 Å². The van der Waals surface area contributed by atoms with Gasteiger partial charge in [0.05, 0.1) is 23.8 Å². The zero-order valence-electron chi connectivity index (χ0n) is 9.72. The summed E-state index contributed by atoms with van der Waals surface area (Å²) in [5, 5.41) is 20.4. The molecule has 0 saturated heterocycles. The van der Waals surface area contributed by atoms with Crippen LogP contribution in [0.3, 0.4) is 0 Å². The standard InChI is InChI=1S/C12H14F2N2O/c1-3-12(2,7-17)16-11-9(13)4-8(6-15)5-10(11)14/h4-5,16-17H,3,7H2,1-2H3. The minimum atomic E-state index is -0.838. The number of hydrogen-bond donors (Lipinski definition) is 2. The smallest absolute Gasteiger partial charge is 0.150 e. The molecule has 1 atom stereocenters. The molecule has 5 heteroatoms. The van der Waals surface area contributed by atoms with E-state index in [1.807, 2.05) is 0 Å². The summed E-state index contributed by atoms with van der Waals surface area (Å²) in [5.74, 6) is -1.68. The van der Waals surface area contributed by atoms with Gasteiger partial charge in [0, 0.05) is 0 Å². The number of aliphatic hydroxyl groups excluding tert-OH is 1. The van der Waals surface area contributed by atoms with E-state index in [9.17, 15) is 8.78 Å². The van der Waals surface area contributed by atoms with E-state index in [0.717, 1.165) is 12.1 Å². The van der Waals surface area contributed by atoms with E-state index >= 15 is 0 Å². The van der Waals surface area contributed by atoms with Gasteiger partial charge in [0.15, 0.2) is 11.6 Å². The minimum absolute atomic E-state index is 0.0762. The second kappa shape index (κ2) is 5.11. The normalized spacial score (nSPS) is 13.9. The third-order valence-electron chi connectivity index (χ3n) is 2.73. The van der Waals surface area contributed by atoms with Crippen molar-refractivity contribution in [1.29, 1.82) is 5.26 Å². The van der Waals surface area contributed by atoms with Crippen molar-refractivity contribution in [3.8, 4) is 6.07 Å². The number of aliphatic hydroxyl groups is 1. The highest BCUT2D eigenvalue weighted by Gasteiger charge is 2.24. The van der Waals surface area contributed by atoms with Crippen molar-refractivity contribution in [1.82, 2.24) is 0 Å². The molecule has 0 aliphatic carbocycles. The maximum Gasteiger partial charge on any atom is 0.150 e. The molecule has 1 aromatic carbocycles. The van der Waals surface area contributed by atoms with Crippen molar-refractivity contribution in [2.75, 3.05) is 11.9 Å². The molecule has 3 nitrogen and oxygen atoms in total. The summed E-state index contributed by atoms with van der Waals surface area (Å²) in [4.78, 5) is 0. The molecular weight excluding hydrogens is 226 g/mol. The number of anilines is 1. The van der Waals surface area contributed by atoms with Crippen LogP contribution in [0.4, 0.5) is 14.5 Å². The fourth-order valence-corrected chi connectivity index (χ4v) is 1.30. The first-order valence-electron chi connectivity index (χ1n) is 5.24. The zero-order valence-corrected chi connectivity index (χ0v) is 9.72. The van der Waals surface area contributed by atoms with Crippen LogP contribution >= 0.6 is 0 Å². The number of nitriles is 1. The Labute approximate surface area is 98.7 Å². The molecule has 0 amide bonds. The Morgan fingerprint density at radius 2 is 1.94 bits per heavy atom. The summed E-state index contributed by atoms with van der Waals surface area (Å²) in [6.45, 7) is 3.20.